The van der Waals surface area contributed by atoms with Gasteiger partial charge in [-0.3, -0.25) is 19.7 Å². The zero-order valence-electron chi connectivity index (χ0n) is 14.9. The largest absolute Gasteiger partial charge is 0.335 e. The monoisotopic (exact) mass is 395 g/mol. The van der Waals surface area contributed by atoms with Gasteiger partial charge in [-0.15, -0.1) is 0 Å². The Morgan fingerprint density at radius 1 is 0.857 bits per heavy atom. The molecule has 2 amide bonds. The molecule has 0 atom stereocenters. The quantitative estimate of drug-likeness (QED) is 0.503. The summed E-state index contributed by atoms with van der Waals surface area (Å²) in [6, 6.07) is 16.3. The van der Waals surface area contributed by atoms with E-state index in [4.69, 9.17) is 0 Å². The Morgan fingerprint density at radius 2 is 1.50 bits per heavy atom. The van der Waals surface area contributed by atoms with Crippen molar-refractivity contribution in [2.24, 2.45) is 0 Å². The molecule has 142 valence electrons. The molecule has 2 aromatic carbocycles. The molecular formula is C20H17N3O4S. The molecular weight excluding hydrogens is 378 g/mol. The van der Waals surface area contributed by atoms with Crippen molar-refractivity contribution in [3.63, 3.8) is 0 Å². The first-order chi connectivity index (χ1) is 13.5. The van der Waals surface area contributed by atoms with Crippen molar-refractivity contribution in [1.82, 2.24) is 9.80 Å². The molecule has 1 aromatic heterocycles. The SMILES string of the molecule is O=C(c1ccc([N+](=O)[O-])s1)N1CCN(C(=O)c2cccc3ccccc23)CC1. The number of benzene rings is 2. The number of carbonyl (C=O) groups excluding carboxylic acids is 2. The molecule has 0 unspecified atom stereocenters. The summed E-state index contributed by atoms with van der Waals surface area (Å²) < 4.78 is 0. The average Bonchev–Trinajstić information content (AvgIpc) is 3.23. The number of fused-ring (bicyclic) bond motifs is 1. The maximum absolute atomic E-state index is 13.0. The third-order valence-corrected chi connectivity index (χ3v) is 5.88. The van der Waals surface area contributed by atoms with Gasteiger partial charge in [0.05, 0.1) is 9.80 Å². The second kappa shape index (κ2) is 7.40. The van der Waals surface area contributed by atoms with Crippen LogP contribution in [0.15, 0.2) is 54.6 Å². The molecule has 1 aliphatic heterocycles. The first-order valence-electron chi connectivity index (χ1n) is 8.85. The summed E-state index contributed by atoms with van der Waals surface area (Å²) in [5.74, 6) is -0.272. The van der Waals surface area contributed by atoms with E-state index in [0.29, 0.717) is 36.6 Å². The Kier molecular flexibility index (Phi) is 4.79. The van der Waals surface area contributed by atoms with E-state index in [1.807, 2.05) is 42.5 Å². The minimum absolute atomic E-state index is 0.0457. The lowest BCUT2D eigenvalue weighted by molar-refractivity contribution is -0.380. The smallest absolute Gasteiger partial charge is 0.324 e. The lowest BCUT2D eigenvalue weighted by atomic mass is 10.0. The third-order valence-electron chi connectivity index (χ3n) is 4.86. The lowest BCUT2D eigenvalue weighted by Gasteiger charge is -2.34. The molecule has 1 saturated heterocycles. The molecule has 0 aliphatic carbocycles. The van der Waals surface area contributed by atoms with Crippen LogP contribution in [0.3, 0.4) is 0 Å². The van der Waals surface area contributed by atoms with Gasteiger partial charge in [0.2, 0.25) is 0 Å². The predicted molar refractivity (Wildman–Crippen MR) is 107 cm³/mol. The second-order valence-electron chi connectivity index (χ2n) is 6.51. The summed E-state index contributed by atoms with van der Waals surface area (Å²) >= 11 is 0.877. The molecule has 0 spiro atoms. The minimum Gasteiger partial charge on any atom is -0.335 e. The Morgan fingerprint density at radius 3 is 2.18 bits per heavy atom. The van der Waals surface area contributed by atoms with Crippen molar-refractivity contribution >= 4 is 38.9 Å². The van der Waals surface area contributed by atoms with E-state index in [1.54, 1.807) is 9.80 Å². The van der Waals surface area contributed by atoms with Gasteiger partial charge in [-0.05, 0) is 22.9 Å². The fourth-order valence-corrected chi connectivity index (χ4v) is 4.18. The van der Waals surface area contributed by atoms with Crippen molar-refractivity contribution in [3.05, 3.63) is 75.2 Å². The van der Waals surface area contributed by atoms with Crippen LogP contribution in [0.2, 0.25) is 0 Å². The number of rotatable bonds is 3. The fraction of sp³-hybridized carbons (Fsp3) is 0.200. The lowest BCUT2D eigenvalue weighted by Crippen LogP contribution is -2.50. The van der Waals surface area contributed by atoms with Crippen LogP contribution >= 0.6 is 11.3 Å². The highest BCUT2D eigenvalue weighted by Gasteiger charge is 2.27. The number of amides is 2. The molecule has 28 heavy (non-hydrogen) atoms. The van der Waals surface area contributed by atoms with Crippen LogP contribution in [0.1, 0.15) is 20.0 Å². The Balaban J connectivity index is 1.45. The number of thiophene rings is 1. The van der Waals surface area contributed by atoms with Crippen molar-refractivity contribution in [1.29, 1.82) is 0 Å². The van der Waals surface area contributed by atoms with Gasteiger partial charge in [-0.2, -0.15) is 0 Å². The van der Waals surface area contributed by atoms with E-state index >= 15 is 0 Å². The molecule has 3 aromatic rings. The van der Waals surface area contributed by atoms with Gasteiger partial charge >= 0.3 is 5.00 Å². The van der Waals surface area contributed by atoms with Crippen LogP contribution in [0.4, 0.5) is 5.00 Å². The highest BCUT2D eigenvalue weighted by molar-refractivity contribution is 7.17. The average molecular weight is 395 g/mol. The predicted octanol–water partition coefficient (Wildman–Crippen LogP) is 3.41. The standard InChI is InChI=1S/C20H17N3O4S/c24-19(16-7-3-5-14-4-1-2-6-15(14)16)21-10-12-22(13-11-21)20(25)17-8-9-18(28-17)23(26)27/h1-9H,10-13H2. The van der Waals surface area contributed by atoms with Crippen LogP contribution in [-0.4, -0.2) is 52.7 Å². The van der Waals surface area contributed by atoms with Gasteiger partial charge in [0, 0.05) is 37.8 Å². The topological polar surface area (TPSA) is 83.8 Å². The summed E-state index contributed by atoms with van der Waals surface area (Å²) in [6.07, 6.45) is 0. The zero-order chi connectivity index (χ0) is 19.7. The van der Waals surface area contributed by atoms with E-state index in [-0.39, 0.29) is 16.8 Å². The summed E-state index contributed by atoms with van der Waals surface area (Å²) in [6.45, 7) is 1.67. The first-order valence-corrected chi connectivity index (χ1v) is 9.67. The molecule has 0 radical (unpaired) electrons. The van der Waals surface area contributed by atoms with E-state index in [9.17, 15) is 19.7 Å². The fourth-order valence-electron chi connectivity index (χ4n) is 3.39. The highest BCUT2D eigenvalue weighted by Crippen LogP contribution is 2.26. The minimum atomic E-state index is -0.498. The van der Waals surface area contributed by atoms with Crippen LogP contribution in [0.25, 0.3) is 10.8 Å². The summed E-state index contributed by atoms with van der Waals surface area (Å²) in [4.78, 5) is 39.6. The molecule has 1 aliphatic rings. The zero-order valence-corrected chi connectivity index (χ0v) is 15.7. The van der Waals surface area contributed by atoms with Gasteiger partial charge in [0.1, 0.15) is 0 Å². The number of hydrogen-bond donors (Lipinski definition) is 0. The number of piperazine rings is 1. The van der Waals surface area contributed by atoms with E-state index in [2.05, 4.69) is 0 Å². The van der Waals surface area contributed by atoms with Gasteiger partial charge < -0.3 is 9.80 Å². The van der Waals surface area contributed by atoms with E-state index < -0.39 is 4.92 Å². The second-order valence-corrected chi connectivity index (χ2v) is 7.57. The summed E-state index contributed by atoms with van der Waals surface area (Å²) in [5, 5.41) is 12.7. The number of nitrogens with zero attached hydrogens (tertiary/aromatic N) is 3. The molecule has 0 bridgehead atoms. The van der Waals surface area contributed by atoms with Gasteiger partial charge in [-0.1, -0.05) is 47.7 Å². The Hall–Kier alpha value is -3.26. The molecule has 1 fully saturated rings. The van der Waals surface area contributed by atoms with Crippen molar-refractivity contribution < 1.29 is 14.5 Å². The van der Waals surface area contributed by atoms with Crippen molar-refractivity contribution in [3.8, 4) is 0 Å². The van der Waals surface area contributed by atoms with Gasteiger partial charge in [-0.25, -0.2) is 0 Å². The van der Waals surface area contributed by atoms with Crippen LogP contribution in [-0.2, 0) is 0 Å². The molecule has 8 heteroatoms. The van der Waals surface area contributed by atoms with Crippen molar-refractivity contribution in [2.75, 3.05) is 26.2 Å². The number of carbonyl (C=O) groups is 2. The van der Waals surface area contributed by atoms with E-state index in [1.165, 1.54) is 12.1 Å². The van der Waals surface area contributed by atoms with Crippen LogP contribution < -0.4 is 0 Å². The van der Waals surface area contributed by atoms with Crippen molar-refractivity contribution in [2.45, 2.75) is 0 Å². The molecule has 4 rings (SSSR count). The van der Waals surface area contributed by atoms with E-state index in [0.717, 1.165) is 22.1 Å². The normalized spacial score (nSPS) is 14.3. The Bertz CT molecular complexity index is 1060. The maximum Gasteiger partial charge on any atom is 0.324 e. The highest BCUT2D eigenvalue weighted by atomic mass is 32.1. The first kappa shape index (κ1) is 18.1. The molecule has 0 N–H and O–H groups in total. The third kappa shape index (κ3) is 3.34. The number of nitro groups is 1. The maximum atomic E-state index is 13.0. The van der Waals surface area contributed by atoms with Gasteiger partial charge in [0.25, 0.3) is 11.8 Å². The molecule has 7 nitrogen and oxygen atoms in total. The summed E-state index contributed by atoms with van der Waals surface area (Å²) in [5.41, 5.74) is 0.659. The molecule has 2 heterocycles. The summed E-state index contributed by atoms with van der Waals surface area (Å²) in [7, 11) is 0. The van der Waals surface area contributed by atoms with Gasteiger partial charge in [0.15, 0.2) is 0 Å². The van der Waals surface area contributed by atoms with Crippen LogP contribution in [0.5, 0.6) is 0 Å². The number of hydrogen-bond acceptors (Lipinski definition) is 5. The Labute approximate surface area is 164 Å². The molecule has 0 saturated carbocycles. The van der Waals surface area contributed by atoms with Crippen LogP contribution in [0, 0.1) is 10.1 Å².